The van der Waals surface area contributed by atoms with Gasteiger partial charge < -0.3 is 89.9 Å². The van der Waals surface area contributed by atoms with Crippen LogP contribution < -0.4 is 5.32 Å². The second kappa shape index (κ2) is 46.4. The number of unbranched alkanes of at least 4 members (excludes halogenated alkanes) is 29. The highest BCUT2D eigenvalue weighted by molar-refractivity contribution is 5.76. The van der Waals surface area contributed by atoms with Crippen molar-refractivity contribution in [2.45, 2.75) is 343 Å². The second-order valence-corrected chi connectivity index (χ2v) is 23.6. The maximum atomic E-state index is 13.4. The third-order valence-corrected chi connectivity index (χ3v) is 16.5. The molecule has 3 aliphatic heterocycles. The number of nitrogens with one attached hydrogen (secondary N) is 1. The van der Waals surface area contributed by atoms with Crippen molar-refractivity contribution in [2.24, 2.45) is 0 Å². The van der Waals surface area contributed by atoms with E-state index >= 15 is 0 Å². The first-order valence-corrected chi connectivity index (χ1v) is 32.6. The number of aliphatic hydroxyl groups is 11. The monoisotopic (exact) mass is 1180 g/mol. The van der Waals surface area contributed by atoms with Crippen LogP contribution in [0.5, 0.6) is 0 Å². The summed E-state index contributed by atoms with van der Waals surface area (Å²) in [6, 6.07) is -0.888. The predicted octanol–water partition coefficient (Wildman–Crippen LogP) is 7.10. The molecule has 82 heavy (non-hydrogen) atoms. The van der Waals surface area contributed by atoms with Crippen molar-refractivity contribution in [3.8, 4) is 0 Å². The number of rotatable bonds is 49. The van der Waals surface area contributed by atoms with Crippen molar-refractivity contribution in [3.63, 3.8) is 0 Å². The molecule has 3 saturated heterocycles. The zero-order valence-corrected chi connectivity index (χ0v) is 50.5. The van der Waals surface area contributed by atoms with E-state index in [1.165, 1.54) is 148 Å². The molecule has 0 radical (unpaired) electrons. The first kappa shape index (κ1) is 74.5. The van der Waals surface area contributed by atoms with Gasteiger partial charge in [0.25, 0.3) is 0 Å². The predicted molar refractivity (Wildman–Crippen MR) is 314 cm³/mol. The van der Waals surface area contributed by atoms with Crippen molar-refractivity contribution in [1.82, 2.24) is 5.32 Å². The Hall–Kier alpha value is -1.73. The van der Waals surface area contributed by atoms with Crippen molar-refractivity contribution in [2.75, 3.05) is 26.4 Å². The summed E-state index contributed by atoms with van der Waals surface area (Å²) in [4.78, 5) is 13.4. The number of aliphatic hydroxyl groups excluding tert-OH is 11. The van der Waals surface area contributed by atoms with Crippen molar-refractivity contribution < 1.29 is 89.4 Å². The summed E-state index contributed by atoms with van der Waals surface area (Å²) < 4.78 is 34.4. The average molecular weight is 1180 g/mol. The highest BCUT2D eigenvalue weighted by Gasteiger charge is 2.53. The molecular weight excluding hydrogens is 1060 g/mol. The van der Waals surface area contributed by atoms with Gasteiger partial charge in [0.1, 0.15) is 73.2 Å². The molecule has 3 aliphatic rings. The summed E-state index contributed by atoms with van der Waals surface area (Å²) in [7, 11) is 0. The van der Waals surface area contributed by atoms with E-state index in [0.717, 1.165) is 57.8 Å². The lowest BCUT2D eigenvalue weighted by molar-refractivity contribution is -0.379. The van der Waals surface area contributed by atoms with Crippen LogP contribution >= 0.6 is 0 Å². The van der Waals surface area contributed by atoms with Gasteiger partial charge in [-0.25, -0.2) is 0 Å². The highest BCUT2D eigenvalue weighted by atomic mass is 16.8. The number of carbonyl (C=O) groups is 1. The number of carbonyl (C=O) groups excluding carboxylic acids is 1. The summed E-state index contributed by atoms with van der Waals surface area (Å²) in [5.74, 6) is -0.246. The molecule has 482 valence electrons. The van der Waals surface area contributed by atoms with Crippen LogP contribution in [0.25, 0.3) is 0 Å². The van der Waals surface area contributed by atoms with Crippen LogP contribution in [0.15, 0.2) is 24.3 Å². The Morgan fingerprint density at radius 1 is 0.439 bits per heavy atom. The van der Waals surface area contributed by atoms with Gasteiger partial charge in [-0.1, -0.05) is 212 Å². The number of ether oxygens (including phenoxy) is 6. The third-order valence-electron chi connectivity index (χ3n) is 16.5. The van der Waals surface area contributed by atoms with Gasteiger partial charge in [0.05, 0.1) is 38.6 Å². The molecule has 0 bridgehead atoms. The van der Waals surface area contributed by atoms with E-state index in [2.05, 4.69) is 43.5 Å². The van der Waals surface area contributed by atoms with E-state index in [-0.39, 0.29) is 18.9 Å². The molecule has 19 heteroatoms. The molecule has 3 rings (SSSR count). The number of allylic oxidation sites excluding steroid dienone is 4. The Bertz CT molecular complexity index is 1590. The van der Waals surface area contributed by atoms with E-state index in [1.54, 1.807) is 0 Å². The molecule has 17 atom stereocenters. The maximum Gasteiger partial charge on any atom is 0.220 e. The molecule has 3 heterocycles. The van der Waals surface area contributed by atoms with Crippen LogP contribution in [-0.2, 0) is 33.2 Å². The Balaban J connectivity index is 1.47. The van der Waals surface area contributed by atoms with Crippen molar-refractivity contribution in [3.05, 3.63) is 24.3 Å². The standard InChI is InChI=1S/C63H117NO18/c1-3-5-7-9-11-13-15-17-19-21-23-25-27-29-31-33-35-37-39-41-51(69)64-46(47(68)40-38-36-34-32-30-28-26-24-22-20-18-16-14-12-10-8-6-4-2)45-77-61-57(75)54(72)59(49(43-66)79-61)82-63-58(76)55(73)60(50(44-67)80-63)81-62-56(74)53(71)52(70)48(42-65)78-62/h11,13,17,19,46-50,52-63,65-68,70-76H,3-10,12,14-16,18,20-45H2,1-2H3,(H,64,69)/b13-11-,19-17-. The number of amides is 1. The summed E-state index contributed by atoms with van der Waals surface area (Å²) >= 11 is 0. The molecule has 3 fully saturated rings. The molecule has 0 aromatic heterocycles. The van der Waals surface area contributed by atoms with E-state index in [4.69, 9.17) is 28.4 Å². The maximum absolute atomic E-state index is 13.4. The SMILES string of the molecule is CCCCC/C=C\C/C=C\CCCCCCCCCCCC(=O)NC(COC1OC(CO)C(OC2OC(CO)C(OC3OC(CO)C(O)C(O)C3O)C(O)C2O)C(O)C1O)C(O)CCCCCCCCCCCCCCCCCCCC. The summed E-state index contributed by atoms with van der Waals surface area (Å²) in [6.45, 7) is 1.78. The summed E-state index contributed by atoms with van der Waals surface area (Å²) in [5.41, 5.74) is 0. The Morgan fingerprint density at radius 3 is 1.27 bits per heavy atom. The number of hydrogen-bond acceptors (Lipinski definition) is 18. The van der Waals surface area contributed by atoms with E-state index in [9.17, 15) is 61.0 Å². The fourth-order valence-electron chi connectivity index (χ4n) is 11.2. The van der Waals surface area contributed by atoms with E-state index < -0.39 is 124 Å². The molecular formula is C63H117NO18. The van der Waals surface area contributed by atoms with Crippen molar-refractivity contribution >= 4 is 5.91 Å². The molecule has 1 amide bonds. The van der Waals surface area contributed by atoms with Gasteiger partial charge in [0.2, 0.25) is 5.91 Å². The zero-order valence-electron chi connectivity index (χ0n) is 50.5. The van der Waals surface area contributed by atoms with Gasteiger partial charge >= 0.3 is 0 Å². The molecule has 0 aliphatic carbocycles. The second-order valence-electron chi connectivity index (χ2n) is 23.6. The normalized spacial score (nSPS) is 29.7. The third kappa shape index (κ3) is 29.3. The quantitative estimate of drug-likeness (QED) is 0.0213. The Morgan fingerprint density at radius 2 is 0.805 bits per heavy atom. The first-order chi connectivity index (χ1) is 39.8. The van der Waals surface area contributed by atoms with Crippen molar-refractivity contribution in [1.29, 1.82) is 0 Å². The lowest BCUT2D eigenvalue weighted by atomic mass is 9.96. The van der Waals surface area contributed by atoms with Crippen LogP contribution in [0.4, 0.5) is 0 Å². The fraction of sp³-hybridized carbons (Fsp3) is 0.921. The summed E-state index contributed by atoms with van der Waals surface area (Å²) in [5, 5.41) is 120. The lowest BCUT2D eigenvalue weighted by Gasteiger charge is -2.48. The molecule has 0 aromatic carbocycles. The van der Waals surface area contributed by atoms with Gasteiger partial charge in [-0.05, 0) is 44.9 Å². The van der Waals surface area contributed by atoms with Crippen LogP contribution in [0.2, 0.25) is 0 Å². The molecule has 0 saturated carbocycles. The highest BCUT2D eigenvalue weighted by Crippen LogP contribution is 2.33. The van der Waals surface area contributed by atoms with Crippen LogP contribution in [0, 0.1) is 0 Å². The first-order valence-electron chi connectivity index (χ1n) is 32.6. The van der Waals surface area contributed by atoms with Gasteiger partial charge in [-0.15, -0.1) is 0 Å². The minimum absolute atomic E-state index is 0.246. The van der Waals surface area contributed by atoms with Crippen LogP contribution in [-0.4, -0.2) is 193 Å². The Kier molecular flexibility index (Phi) is 42.2. The molecule has 12 N–H and O–H groups in total. The molecule has 0 spiro atoms. The van der Waals surface area contributed by atoms with Gasteiger partial charge in [0, 0.05) is 6.42 Å². The largest absolute Gasteiger partial charge is 0.394 e. The smallest absolute Gasteiger partial charge is 0.220 e. The van der Waals surface area contributed by atoms with E-state index in [0.29, 0.717) is 12.8 Å². The van der Waals surface area contributed by atoms with Gasteiger partial charge in [-0.2, -0.15) is 0 Å². The van der Waals surface area contributed by atoms with Gasteiger partial charge in [-0.3, -0.25) is 4.79 Å². The van der Waals surface area contributed by atoms with Gasteiger partial charge in [0.15, 0.2) is 18.9 Å². The zero-order chi connectivity index (χ0) is 59.7. The lowest BCUT2D eigenvalue weighted by Crippen LogP contribution is -2.66. The minimum atomic E-state index is -1.97. The van der Waals surface area contributed by atoms with E-state index in [1.807, 2.05) is 0 Å². The molecule has 17 unspecified atom stereocenters. The summed E-state index contributed by atoms with van der Waals surface area (Å²) in [6.07, 6.45) is 22.4. The molecule has 0 aromatic rings. The minimum Gasteiger partial charge on any atom is -0.394 e. The Labute approximate surface area is 492 Å². The average Bonchev–Trinajstić information content (AvgIpc) is 3.39. The topological polar surface area (TPSA) is 307 Å². The molecule has 19 nitrogen and oxygen atoms in total. The van der Waals surface area contributed by atoms with Crippen LogP contribution in [0.1, 0.15) is 239 Å². The van der Waals surface area contributed by atoms with Crippen LogP contribution in [0.3, 0.4) is 0 Å². The fourth-order valence-corrected chi connectivity index (χ4v) is 11.2. The number of hydrogen-bond donors (Lipinski definition) is 12.